The molecule has 0 spiro atoms. The highest BCUT2D eigenvalue weighted by atomic mass is 32.1. The van der Waals surface area contributed by atoms with Crippen molar-refractivity contribution in [3.8, 4) is 0 Å². The second-order valence-corrected chi connectivity index (χ2v) is 5.38. The van der Waals surface area contributed by atoms with Crippen molar-refractivity contribution in [2.24, 2.45) is 5.92 Å². The predicted octanol–water partition coefficient (Wildman–Crippen LogP) is 3.42. The van der Waals surface area contributed by atoms with Gasteiger partial charge in [-0.2, -0.15) is 0 Å². The molecule has 1 aromatic carbocycles. The molecule has 1 aliphatic rings. The van der Waals surface area contributed by atoms with E-state index in [0.717, 1.165) is 29.8 Å². The summed E-state index contributed by atoms with van der Waals surface area (Å²) in [6.45, 7) is 6.55. The second-order valence-electron chi connectivity index (χ2n) is 4.99. The molecule has 3 heteroatoms. The lowest BCUT2D eigenvalue weighted by molar-refractivity contribution is 0.276. The summed E-state index contributed by atoms with van der Waals surface area (Å²) in [4.78, 5) is 2.28. The van der Waals surface area contributed by atoms with Crippen LogP contribution in [0.1, 0.15) is 25.3 Å². The Balaban J connectivity index is 1.94. The zero-order valence-electron chi connectivity index (χ0n) is 10.6. The van der Waals surface area contributed by atoms with E-state index in [-0.39, 0.29) is 0 Å². The van der Waals surface area contributed by atoms with Gasteiger partial charge in [-0.05, 0) is 50.0 Å². The van der Waals surface area contributed by atoms with Gasteiger partial charge in [0.1, 0.15) is 0 Å². The summed E-state index contributed by atoms with van der Waals surface area (Å²) < 4.78 is 0. The number of hydrogen-bond acceptors (Lipinski definition) is 1. The van der Waals surface area contributed by atoms with E-state index in [1.807, 2.05) is 0 Å². The van der Waals surface area contributed by atoms with Crippen molar-refractivity contribution in [1.29, 1.82) is 0 Å². The number of aryl methyl sites for hydroxylation is 1. The van der Waals surface area contributed by atoms with E-state index >= 15 is 0 Å². The highest BCUT2D eigenvalue weighted by Crippen LogP contribution is 2.17. The highest BCUT2D eigenvalue weighted by Gasteiger charge is 2.18. The molecule has 17 heavy (non-hydrogen) atoms. The monoisotopic (exact) mass is 248 g/mol. The minimum Gasteiger partial charge on any atom is -0.349 e. The maximum absolute atomic E-state index is 5.46. The first-order chi connectivity index (χ1) is 8.15. The van der Waals surface area contributed by atoms with Gasteiger partial charge < -0.3 is 10.2 Å². The Kier molecular flexibility index (Phi) is 4.00. The number of hydrogen-bond donors (Lipinski definition) is 1. The third kappa shape index (κ3) is 3.43. The van der Waals surface area contributed by atoms with E-state index in [1.54, 1.807) is 0 Å². The molecule has 1 atom stereocenters. The molecule has 1 saturated heterocycles. The number of nitrogens with one attached hydrogen (secondary N) is 1. The number of likely N-dealkylation sites (tertiary alicyclic amines) is 1. The van der Waals surface area contributed by atoms with Gasteiger partial charge >= 0.3 is 0 Å². The molecule has 0 bridgehead atoms. The topological polar surface area (TPSA) is 15.3 Å². The molecule has 0 saturated carbocycles. The molecular formula is C14H20N2S. The minimum absolute atomic E-state index is 0.751. The molecule has 1 N–H and O–H groups in total. The van der Waals surface area contributed by atoms with Crippen LogP contribution in [0.3, 0.4) is 0 Å². The first kappa shape index (κ1) is 12.4. The van der Waals surface area contributed by atoms with E-state index in [1.165, 1.54) is 18.4 Å². The Hall–Kier alpha value is -1.09. The number of anilines is 1. The summed E-state index contributed by atoms with van der Waals surface area (Å²) >= 11 is 5.46. The first-order valence-electron chi connectivity index (χ1n) is 6.28. The quantitative estimate of drug-likeness (QED) is 0.767. The van der Waals surface area contributed by atoms with Crippen molar-refractivity contribution in [2.45, 2.75) is 26.7 Å². The highest BCUT2D eigenvalue weighted by molar-refractivity contribution is 7.80. The summed E-state index contributed by atoms with van der Waals surface area (Å²) in [6, 6.07) is 8.36. The van der Waals surface area contributed by atoms with Crippen LogP contribution in [0.2, 0.25) is 0 Å². The van der Waals surface area contributed by atoms with Crippen LogP contribution in [-0.2, 0) is 0 Å². The average Bonchev–Trinajstić information content (AvgIpc) is 2.32. The van der Waals surface area contributed by atoms with E-state index in [0.29, 0.717) is 0 Å². The molecule has 0 amide bonds. The van der Waals surface area contributed by atoms with Gasteiger partial charge in [-0.3, -0.25) is 0 Å². The van der Waals surface area contributed by atoms with Crippen molar-refractivity contribution in [1.82, 2.24) is 4.90 Å². The Labute approximate surface area is 109 Å². The number of benzene rings is 1. The van der Waals surface area contributed by atoms with Crippen molar-refractivity contribution in [3.63, 3.8) is 0 Å². The van der Waals surface area contributed by atoms with Gasteiger partial charge in [0, 0.05) is 18.8 Å². The van der Waals surface area contributed by atoms with Crippen LogP contribution >= 0.6 is 12.2 Å². The van der Waals surface area contributed by atoms with Gasteiger partial charge in [-0.25, -0.2) is 0 Å². The van der Waals surface area contributed by atoms with Crippen LogP contribution in [-0.4, -0.2) is 23.1 Å². The molecule has 0 radical (unpaired) electrons. The molecule has 2 nitrogen and oxygen atoms in total. The van der Waals surface area contributed by atoms with Crippen molar-refractivity contribution >= 4 is 23.0 Å². The van der Waals surface area contributed by atoms with Gasteiger partial charge in [0.15, 0.2) is 5.11 Å². The Morgan fingerprint density at radius 1 is 1.35 bits per heavy atom. The van der Waals surface area contributed by atoms with Gasteiger partial charge in [-0.15, -0.1) is 0 Å². The fraction of sp³-hybridized carbons (Fsp3) is 0.500. The van der Waals surface area contributed by atoms with E-state index in [9.17, 15) is 0 Å². The number of nitrogens with zero attached hydrogens (tertiary/aromatic N) is 1. The van der Waals surface area contributed by atoms with Gasteiger partial charge in [0.2, 0.25) is 0 Å². The molecule has 2 rings (SSSR count). The summed E-state index contributed by atoms with van der Waals surface area (Å²) in [5.41, 5.74) is 2.35. The smallest absolute Gasteiger partial charge is 0.173 e. The molecule has 1 aliphatic heterocycles. The summed E-state index contributed by atoms with van der Waals surface area (Å²) in [7, 11) is 0. The van der Waals surface area contributed by atoms with Gasteiger partial charge in [-0.1, -0.05) is 24.6 Å². The molecule has 0 aliphatic carbocycles. The summed E-state index contributed by atoms with van der Waals surface area (Å²) in [5, 5.41) is 4.18. The van der Waals surface area contributed by atoms with Crippen molar-refractivity contribution < 1.29 is 0 Å². The lowest BCUT2D eigenvalue weighted by Gasteiger charge is -2.33. The van der Waals surface area contributed by atoms with Crippen molar-refractivity contribution in [2.75, 3.05) is 18.4 Å². The third-order valence-corrected chi connectivity index (χ3v) is 3.61. The maximum atomic E-state index is 5.46. The van der Waals surface area contributed by atoms with Gasteiger partial charge in [0.25, 0.3) is 0 Å². The van der Waals surface area contributed by atoms with E-state index < -0.39 is 0 Å². The van der Waals surface area contributed by atoms with Crippen molar-refractivity contribution in [3.05, 3.63) is 29.8 Å². The van der Waals surface area contributed by atoms with E-state index in [4.69, 9.17) is 12.2 Å². The maximum Gasteiger partial charge on any atom is 0.173 e. The van der Waals surface area contributed by atoms with Crippen LogP contribution in [0, 0.1) is 12.8 Å². The van der Waals surface area contributed by atoms with Crippen LogP contribution in [0.5, 0.6) is 0 Å². The molecule has 0 unspecified atom stereocenters. The molecule has 92 valence electrons. The van der Waals surface area contributed by atoms with Crippen LogP contribution in [0.15, 0.2) is 24.3 Å². The summed E-state index contributed by atoms with van der Waals surface area (Å²) in [6.07, 6.45) is 2.57. The molecule has 1 heterocycles. The SMILES string of the molecule is Cc1ccc(NC(=S)N2CCC[C@H](C)C2)cc1. The first-order valence-corrected chi connectivity index (χ1v) is 6.68. The fourth-order valence-corrected chi connectivity index (χ4v) is 2.50. The zero-order chi connectivity index (χ0) is 12.3. The minimum atomic E-state index is 0.751. The molecule has 1 aromatic rings. The van der Waals surface area contributed by atoms with Crippen LogP contribution < -0.4 is 5.32 Å². The fourth-order valence-electron chi connectivity index (χ4n) is 2.21. The van der Waals surface area contributed by atoms with Crippen LogP contribution in [0.4, 0.5) is 5.69 Å². The number of thiocarbonyl (C=S) groups is 1. The average molecular weight is 248 g/mol. The standard InChI is InChI=1S/C14H20N2S/c1-11-5-7-13(8-6-11)15-14(17)16-9-3-4-12(2)10-16/h5-8,12H,3-4,9-10H2,1-2H3,(H,15,17)/t12-/m0/s1. The lowest BCUT2D eigenvalue weighted by Crippen LogP contribution is -2.41. The molecule has 0 aromatic heterocycles. The van der Waals surface area contributed by atoms with Gasteiger partial charge in [0.05, 0.1) is 0 Å². The Bertz CT molecular complexity index is 386. The number of rotatable bonds is 1. The largest absolute Gasteiger partial charge is 0.349 e. The zero-order valence-corrected chi connectivity index (χ0v) is 11.4. The lowest BCUT2D eigenvalue weighted by atomic mass is 10.0. The molecular weight excluding hydrogens is 228 g/mol. The normalized spacial score (nSPS) is 20.1. The predicted molar refractivity (Wildman–Crippen MR) is 77.4 cm³/mol. The van der Waals surface area contributed by atoms with E-state index in [2.05, 4.69) is 48.3 Å². The Morgan fingerprint density at radius 3 is 2.71 bits per heavy atom. The van der Waals surface area contributed by atoms with Crippen LogP contribution in [0.25, 0.3) is 0 Å². The Morgan fingerprint density at radius 2 is 2.06 bits per heavy atom. The third-order valence-electron chi connectivity index (χ3n) is 3.25. The number of piperidine rings is 1. The summed E-state index contributed by atoms with van der Waals surface area (Å²) in [5.74, 6) is 0.751. The molecule has 1 fully saturated rings. The second kappa shape index (κ2) is 5.50.